The molecular formula is C14H20F3N7S. The van der Waals surface area contributed by atoms with Crippen molar-refractivity contribution in [3.63, 3.8) is 0 Å². The Hall–Kier alpha value is -2.17. The lowest BCUT2D eigenvalue weighted by Crippen LogP contribution is -2.39. The molecule has 0 unspecified atom stereocenters. The molecule has 0 saturated carbocycles. The first-order valence-corrected chi connectivity index (χ1v) is 8.53. The molecule has 11 heteroatoms. The third kappa shape index (κ3) is 5.41. The number of aryl methyl sites for hydroxylation is 1. The van der Waals surface area contributed by atoms with Crippen molar-refractivity contribution in [1.82, 2.24) is 30.0 Å². The van der Waals surface area contributed by atoms with E-state index < -0.39 is 11.9 Å². The Labute approximate surface area is 147 Å². The molecular weight excluding hydrogens is 355 g/mol. The Morgan fingerprint density at radius 3 is 2.76 bits per heavy atom. The Bertz CT molecular complexity index is 707. The normalized spacial score (nSPS) is 12.5. The topological polar surface area (TPSA) is 71.2 Å². The van der Waals surface area contributed by atoms with Crippen LogP contribution in [-0.2, 0) is 26.2 Å². The Morgan fingerprint density at radius 1 is 1.44 bits per heavy atom. The van der Waals surface area contributed by atoms with Gasteiger partial charge in [0, 0.05) is 39.0 Å². The maximum atomic E-state index is 12.6. The maximum absolute atomic E-state index is 12.6. The summed E-state index contributed by atoms with van der Waals surface area (Å²) in [6, 6.07) is 0. The van der Waals surface area contributed by atoms with Crippen LogP contribution in [0.25, 0.3) is 0 Å². The van der Waals surface area contributed by atoms with Gasteiger partial charge in [0.05, 0.1) is 11.6 Å². The summed E-state index contributed by atoms with van der Waals surface area (Å²) < 4.78 is 39.3. The molecule has 0 atom stereocenters. The van der Waals surface area contributed by atoms with E-state index in [1.165, 1.54) is 6.33 Å². The second-order valence-electron chi connectivity index (χ2n) is 5.27. The summed E-state index contributed by atoms with van der Waals surface area (Å²) in [6.45, 7) is 3.48. The largest absolute Gasteiger partial charge is 0.434 e. The maximum Gasteiger partial charge on any atom is 0.434 e. The van der Waals surface area contributed by atoms with E-state index in [-0.39, 0.29) is 0 Å². The highest BCUT2D eigenvalue weighted by Gasteiger charge is 2.33. The molecule has 2 aromatic heterocycles. The lowest BCUT2D eigenvalue weighted by molar-refractivity contribution is -0.140. The molecule has 0 radical (unpaired) electrons. The second-order valence-corrected chi connectivity index (χ2v) is 6.21. The van der Waals surface area contributed by atoms with E-state index in [1.54, 1.807) is 11.7 Å². The van der Waals surface area contributed by atoms with Crippen LogP contribution >= 0.6 is 11.3 Å². The number of nitrogens with zero attached hydrogens (tertiary/aromatic N) is 6. The minimum absolute atomic E-state index is 0.344. The fourth-order valence-electron chi connectivity index (χ4n) is 2.03. The number of hydrogen-bond acceptors (Lipinski definition) is 5. The van der Waals surface area contributed by atoms with Gasteiger partial charge in [0.2, 0.25) is 0 Å². The van der Waals surface area contributed by atoms with Crippen molar-refractivity contribution in [2.75, 3.05) is 20.1 Å². The fraction of sp³-hybridized carbons (Fsp3) is 0.571. The van der Waals surface area contributed by atoms with Crippen molar-refractivity contribution in [2.24, 2.45) is 12.0 Å². The van der Waals surface area contributed by atoms with E-state index >= 15 is 0 Å². The van der Waals surface area contributed by atoms with Gasteiger partial charge < -0.3 is 10.2 Å². The zero-order valence-corrected chi connectivity index (χ0v) is 15.0. The average Bonchev–Trinajstić information content (AvgIpc) is 3.16. The molecule has 25 heavy (non-hydrogen) atoms. The highest BCUT2D eigenvalue weighted by atomic mass is 32.1. The molecule has 138 valence electrons. The van der Waals surface area contributed by atoms with Gasteiger partial charge in [0.25, 0.3) is 0 Å². The van der Waals surface area contributed by atoms with Crippen LogP contribution < -0.4 is 5.32 Å². The number of aliphatic imine (C=N–C) groups is 1. The molecule has 0 bridgehead atoms. The van der Waals surface area contributed by atoms with Gasteiger partial charge in [-0.05, 0) is 6.92 Å². The van der Waals surface area contributed by atoms with Crippen molar-refractivity contribution in [1.29, 1.82) is 0 Å². The van der Waals surface area contributed by atoms with Crippen LogP contribution in [0.2, 0.25) is 0 Å². The van der Waals surface area contributed by atoms with Crippen LogP contribution in [0.3, 0.4) is 0 Å². The van der Waals surface area contributed by atoms with Crippen molar-refractivity contribution < 1.29 is 13.2 Å². The molecule has 0 aliphatic carbocycles. The van der Waals surface area contributed by atoms with Crippen molar-refractivity contribution in [3.05, 3.63) is 28.2 Å². The molecule has 0 aromatic carbocycles. The molecule has 7 nitrogen and oxygen atoms in total. The molecule has 1 N–H and O–H groups in total. The second kappa shape index (κ2) is 8.28. The molecule has 0 fully saturated rings. The highest BCUT2D eigenvalue weighted by Crippen LogP contribution is 2.30. The number of guanidine groups is 1. The SMILES string of the molecule is CCNC(=NCCc1nc(C(F)(F)F)cs1)N(C)Cc1ncnn1C. The van der Waals surface area contributed by atoms with Crippen LogP contribution in [0.15, 0.2) is 16.7 Å². The third-order valence-corrected chi connectivity index (χ3v) is 4.22. The van der Waals surface area contributed by atoms with Gasteiger partial charge in [-0.1, -0.05) is 0 Å². The van der Waals surface area contributed by atoms with Crippen LogP contribution in [0, 0.1) is 0 Å². The molecule has 0 saturated heterocycles. The molecule has 0 spiro atoms. The summed E-state index contributed by atoms with van der Waals surface area (Å²) in [5, 5.41) is 8.62. The summed E-state index contributed by atoms with van der Waals surface area (Å²) in [5.41, 5.74) is -0.845. The van der Waals surface area contributed by atoms with Crippen LogP contribution in [0.4, 0.5) is 13.2 Å². The monoisotopic (exact) mass is 375 g/mol. The number of aromatic nitrogens is 4. The van der Waals surface area contributed by atoms with E-state index in [0.29, 0.717) is 37.0 Å². The van der Waals surface area contributed by atoms with Gasteiger partial charge in [0.15, 0.2) is 11.7 Å². The van der Waals surface area contributed by atoms with Crippen molar-refractivity contribution in [3.8, 4) is 0 Å². The van der Waals surface area contributed by atoms with Crippen LogP contribution in [0.5, 0.6) is 0 Å². The minimum atomic E-state index is -4.40. The van der Waals surface area contributed by atoms with Gasteiger partial charge >= 0.3 is 6.18 Å². The van der Waals surface area contributed by atoms with Gasteiger partial charge in [-0.2, -0.15) is 18.3 Å². The molecule has 0 aliphatic heterocycles. The summed E-state index contributed by atoms with van der Waals surface area (Å²) in [4.78, 5) is 14.1. The van der Waals surface area contributed by atoms with E-state index in [4.69, 9.17) is 0 Å². The van der Waals surface area contributed by atoms with E-state index in [0.717, 1.165) is 22.5 Å². The van der Waals surface area contributed by atoms with E-state index in [2.05, 4.69) is 25.4 Å². The predicted octanol–water partition coefficient (Wildman–Crippen LogP) is 1.93. The molecule has 2 rings (SSSR count). The third-order valence-electron chi connectivity index (χ3n) is 3.31. The first-order valence-electron chi connectivity index (χ1n) is 7.65. The zero-order chi connectivity index (χ0) is 18.4. The van der Waals surface area contributed by atoms with Crippen LogP contribution in [-0.4, -0.2) is 50.7 Å². The number of halogens is 3. The Kier molecular flexibility index (Phi) is 6.34. The Morgan fingerprint density at radius 2 is 2.20 bits per heavy atom. The highest BCUT2D eigenvalue weighted by molar-refractivity contribution is 7.09. The number of hydrogen-bond donors (Lipinski definition) is 1. The average molecular weight is 375 g/mol. The number of thiazole rings is 1. The smallest absolute Gasteiger partial charge is 0.357 e. The fourth-order valence-corrected chi connectivity index (χ4v) is 2.83. The van der Waals surface area contributed by atoms with Gasteiger partial charge in [0.1, 0.15) is 12.2 Å². The lowest BCUT2D eigenvalue weighted by atomic mass is 10.4. The van der Waals surface area contributed by atoms with Crippen molar-refractivity contribution >= 4 is 17.3 Å². The summed E-state index contributed by atoms with van der Waals surface area (Å²) >= 11 is 1.000. The predicted molar refractivity (Wildman–Crippen MR) is 89.3 cm³/mol. The summed E-state index contributed by atoms with van der Waals surface area (Å²) in [5.74, 6) is 1.43. The van der Waals surface area contributed by atoms with Gasteiger partial charge in [-0.15, -0.1) is 11.3 Å². The number of nitrogens with one attached hydrogen (secondary N) is 1. The summed E-state index contributed by atoms with van der Waals surface area (Å²) in [7, 11) is 3.67. The van der Waals surface area contributed by atoms with Crippen LogP contribution in [0.1, 0.15) is 23.4 Å². The first-order chi connectivity index (χ1) is 11.8. The number of rotatable bonds is 6. The lowest BCUT2D eigenvalue weighted by Gasteiger charge is -2.21. The number of alkyl halides is 3. The van der Waals surface area contributed by atoms with Crippen molar-refractivity contribution in [2.45, 2.75) is 26.1 Å². The molecule has 0 amide bonds. The van der Waals surface area contributed by atoms with Gasteiger partial charge in [-0.25, -0.2) is 9.97 Å². The quantitative estimate of drug-likeness (QED) is 0.617. The molecule has 0 aliphatic rings. The molecule has 2 heterocycles. The molecule has 2 aromatic rings. The summed E-state index contributed by atoms with van der Waals surface area (Å²) in [6.07, 6.45) is -2.56. The zero-order valence-electron chi connectivity index (χ0n) is 14.2. The standard InChI is InChI=1S/C14H20F3N7S/c1-4-18-13(23(2)7-11-20-9-21-24(11)3)19-6-5-12-22-10(8-25-12)14(15,16)17/h8-9H,4-7H2,1-3H3,(H,18,19). The minimum Gasteiger partial charge on any atom is -0.357 e. The first kappa shape index (κ1) is 19.2. The Balaban J connectivity index is 1.97. The van der Waals surface area contributed by atoms with E-state index in [9.17, 15) is 13.2 Å². The van der Waals surface area contributed by atoms with Gasteiger partial charge in [-0.3, -0.25) is 9.67 Å². The van der Waals surface area contributed by atoms with E-state index in [1.807, 2.05) is 18.9 Å².